The number of rotatable bonds is 4. The van der Waals surface area contributed by atoms with E-state index in [4.69, 9.17) is 5.73 Å². The Labute approximate surface area is 110 Å². The quantitative estimate of drug-likeness (QED) is 0.861. The highest BCUT2D eigenvalue weighted by Gasteiger charge is 2.42. The molecular formula is C14H24N4. The minimum atomic E-state index is 0.0890. The van der Waals surface area contributed by atoms with E-state index in [-0.39, 0.29) is 5.54 Å². The summed E-state index contributed by atoms with van der Waals surface area (Å²) < 4.78 is 0. The van der Waals surface area contributed by atoms with E-state index >= 15 is 0 Å². The second-order valence-electron chi connectivity index (χ2n) is 5.57. The third-order valence-corrected chi connectivity index (χ3v) is 4.29. The van der Waals surface area contributed by atoms with Crippen molar-refractivity contribution in [2.24, 2.45) is 5.73 Å². The molecule has 0 aromatic carbocycles. The van der Waals surface area contributed by atoms with Crippen molar-refractivity contribution in [3.63, 3.8) is 0 Å². The van der Waals surface area contributed by atoms with Gasteiger partial charge in [0.2, 0.25) is 0 Å². The highest BCUT2D eigenvalue weighted by molar-refractivity contribution is 5.07. The Morgan fingerprint density at radius 1 is 1.56 bits per heavy atom. The fourth-order valence-electron chi connectivity index (χ4n) is 2.87. The zero-order valence-electron chi connectivity index (χ0n) is 11.6. The number of aromatic nitrogens is 1. The molecule has 18 heavy (non-hydrogen) atoms. The summed E-state index contributed by atoms with van der Waals surface area (Å²) in [5.74, 6) is 0. The third-order valence-electron chi connectivity index (χ3n) is 4.29. The van der Waals surface area contributed by atoms with Crippen LogP contribution in [0.2, 0.25) is 0 Å². The molecule has 0 aliphatic carbocycles. The lowest BCUT2D eigenvalue weighted by Crippen LogP contribution is -2.53. The van der Waals surface area contributed by atoms with E-state index in [1.807, 2.05) is 18.3 Å². The van der Waals surface area contributed by atoms with Gasteiger partial charge in [-0.2, -0.15) is 0 Å². The fraction of sp³-hybridized carbons (Fsp3) is 0.643. The van der Waals surface area contributed by atoms with Crippen molar-refractivity contribution < 1.29 is 0 Å². The second-order valence-corrected chi connectivity index (χ2v) is 5.57. The summed E-state index contributed by atoms with van der Waals surface area (Å²) in [5.41, 5.74) is 7.25. The Morgan fingerprint density at radius 3 is 2.83 bits per heavy atom. The summed E-state index contributed by atoms with van der Waals surface area (Å²) in [6.07, 6.45) is 2.98. The molecule has 1 aromatic rings. The molecule has 2 heterocycles. The molecule has 4 nitrogen and oxygen atoms in total. The molecule has 2 atom stereocenters. The van der Waals surface area contributed by atoms with Gasteiger partial charge in [-0.05, 0) is 39.6 Å². The lowest BCUT2D eigenvalue weighted by Gasteiger charge is -2.37. The maximum Gasteiger partial charge on any atom is 0.0544 e. The summed E-state index contributed by atoms with van der Waals surface area (Å²) in [4.78, 5) is 9.16. The molecular weight excluding hydrogens is 224 g/mol. The average Bonchev–Trinajstić information content (AvgIpc) is 2.68. The number of nitrogens with two attached hydrogens (primary N) is 1. The standard InChI is InChI=1S/C14H24N4/c1-12-8-14(10-15,11-17(12)2)18(3)9-13-6-4-5-7-16-13/h4-7,12H,8-11,15H2,1-3H3. The van der Waals surface area contributed by atoms with Gasteiger partial charge in [-0.3, -0.25) is 9.88 Å². The number of pyridine rings is 1. The Hall–Kier alpha value is -0.970. The van der Waals surface area contributed by atoms with Crippen LogP contribution in [0.1, 0.15) is 19.0 Å². The van der Waals surface area contributed by atoms with Crippen LogP contribution in [-0.4, -0.2) is 53.5 Å². The van der Waals surface area contributed by atoms with Crippen LogP contribution < -0.4 is 5.73 Å². The van der Waals surface area contributed by atoms with Gasteiger partial charge in [0.05, 0.1) is 5.69 Å². The Balaban J connectivity index is 2.09. The van der Waals surface area contributed by atoms with Gasteiger partial charge in [-0.1, -0.05) is 6.07 Å². The summed E-state index contributed by atoms with van der Waals surface area (Å²) in [5, 5.41) is 0. The van der Waals surface area contributed by atoms with Crippen molar-refractivity contribution in [2.45, 2.75) is 31.5 Å². The van der Waals surface area contributed by atoms with E-state index in [0.29, 0.717) is 12.6 Å². The van der Waals surface area contributed by atoms with Crippen LogP contribution in [0.15, 0.2) is 24.4 Å². The van der Waals surface area contributed by atoms with Crippen LogP contribution in [0.3, 0.4) is 0 Å². The molecule has 1 aromatic heterocycles. The molecule has 1 fully saturated rings. The topological polar surface area (TPSA) is 45.4 Å². The average molecular weight is 248 g/mol. The lowest BCUT2D eigenvalue weighted by atomic mass is 9.94. The van der Waals surface area contributed by atoms with E-state index in [1.54, 1.807) is 0 Å². The normalized spacial score (nSPS) is 29.1. The molecule has 0 bridgehead atoms. The van der Waals surface area contributed by atoms with Gasteiger partial charge in [-0.15, -0.1) is 0 Å². The van der Waals surface area contributed by atoms with Crippen LogP contribution >= 0.6 is 0 Å². The maximum absolute atomic E-state index is 6.06. The first-order valence-electron chi connectivity index (χ1n) is 6.59. The summed E-state index contributed by atoms with van der Waals surface area (Å²) in [7, 11) is 4.34. The number of likely N-dealkylation sites (N-methyl/N-ethyl adjacent to an activating group) is 2. The molecule has 2 N–H and O–H groups in total. The SMILES string of the molecule is CC1CC(CN)(N(C)Cc2ccccn2)CN1C. The first-order valence-corrected chi connectivity index (χ1v) is 6.59. The molecule has 0 spiro atoms. The molecule has 1 saturated heterocycles. The van der Waals surface area contributed by atoms with Gasteiger partial charge < -0.3 is 10.6 Å². The first-order chi connectivity index (χ1) is 8.57. The molecule has 0 amide bonds. The molecule has 0 saturated carbocycles. The highest BCUT2D eigenvalue weighted by Crippen LogP contribution is 2.30. The molecule has 0 radical (unpaired) electrons. The predicted molar refractivity (Wildman–Crippen MR) is 74.2 cm³/mol. The Morgan fingerprint density at radius 2 is 2.33 bits per heavy atom. The van der Waals surface area contributed by atoms with Crippen LogP contribution in [-0.2, 0) is 6.54 Å². The van der Waals surface area contributed by atoms with Crippen LogP contribution in [0.5, 0.6) is 0 Å². The minimum Gasteiger partial charge on any atom is -0.329 e. The third kappa shape index (κ3) is 2.55. The van der Waals surface area contributed by atoms with Crippen molar-refractivity contribution in [3.8, 4) is 0 Å². The minimum absolute atomic E-state index is 0.0890. The molecule has 1 aliphatic rings. The molecule has 1 aliphatic heterocycles. The van der Waals surface area contributed by atoms with E-state index < -0.39 is 0 Å². The van der Waals surface area contributed by atoms with Gasteiger partial charge >= 0.3 is 0 Å². The number of hydrogen-bond acceptors (Lipinski definition) is 4. The van der Waals surface area contributed by atoms with Crippen LogP contribution in [0, 0.1) is 0 Å². The number of likely N-dealkylation sites (tertiary alicyclic amines) is 1. The Bertz CT molecular complexity index is 369. The van der Waals surface area contributed by atoms with Gasteiger partial charge in [0.25, 0.3) is 0 Å². The van der Waals surface area contributed by atoms with Gasteiger partial charge in [0.15, 0.2) is 0 Å². The van der Waals surface area contributed by atoms with Gasteiger partial charge in [0, 0.05) is 37.4 Å². The predicted octanol–water partition coefficient (Wildman–Crippen LogP) is 0.935. The summed E-state index contributed by atoms with van der Waals surface area (Å²) >= 11 is 0. The van der Waals surface area contributed by atoms with Crippen molar-refractivity contribution >= 4 is 0 Å². The smallest absolute Gasteiger partial charge is 0.0544 e. The molecule has 2 rings (SSSR count). The zero-order chi connectivity index (χ0) is 13.2. The fourth-order valence-corrected chi connectivity index (χ4v) is 2.87. The number of hydrogen-bond donors (Lipinski definition) is 1. The van der Waals surface area contributed by atoms with E-state index in [2.05, 4.69) is 41.9 Å². The monoisotopic (exact) mass is 248 g/mol. The van der Waals surface area contributed by atoms with E-state index in [9.17, 15) is 0 Å². The lowest BCUT2D eigenvalue weighted by molar-refractivity contribution is 0.124. The summed E-state index contributed by atoms with van der Waals surface area (Å²) in [6.45, 7) is 4.86. The van der Waals surface area contributed by atoms with Gasteiger partial charge in [-0.25, -0.2) is 0 Å². The first kappa shape index (κ1) is 13.5. The molecule has 100 valence electrons. The molecule has 2 unspecified atom stereocenters. The zero-order valence-corrected chi connectivity index (χ0v) is 11.6. The highest BCUT2D eigenvalue weighted by atomic mass is 15.3. The van der Waals surface area contributed by atoms with E-state index in [0.717, 1.165) is 25.2 Å². The Kier molecular flexibility index (Phi) is 4.00. The van der Waals surface area contributed by atoms with Crippen LogP contribution in [0.25, 0.3) is 0 Å². The molecule has 4 heteroatoms. The van der Waals surface area contributed by atoms with Crippen molar-refractivity contribution in [1.29, 1.82) is 0 Å². The van der Waals surface area contributed by atoms with Crippen molar-refractivity contribution in [2.75, 3.05) is 27.2 Å². The second kappa shape index (κ2) is 5.34. The van der Waals surface area contributed by atoms with E-state index in [1.165, 1.54) is 0 Å². The largest absolute Gasteiger partial charge is 0.329 e. The number of nitrogens with zero attached hydrogens (tertiary/aromatic N) is 3. The summed E-state index contributed by atoms with van der Waals surface area (Å²) in [6, 6.07) is 6.66. The van der Waals surface area contributed by atoms with Gasteiger partial charge in [0.1, 0.15) is 0 Å². The van der Waals surface area contributed by atoms with Crippen LogP contribution in [0.4, 0.5) is 0 Å². The van der Waals surface area contributed by atoms with Crippen molar-refractivity contribution in [1.82, 2.24) is 14.8 Å². The maximum atomic E-state index is 6.06. The van der Waals surface area contributed by atoms with Crippen molar-refractivity contribution in [3.05, 3.63) is 30.1 Å².